The Morgan fingerprint density at radius 2 is 1.81 bits per heavy atom. The number of nitrogens with one attached hydrogen (secondary N) is 2. The zero-order valence-corrected chi connectivity index (χ0v) is 13.3. The van der Waals surface area contributed by atoms with Crippen molar-refractivity contribution < 1.29 is 4.79 Å². The van der Waals surface area contributed by atoms with Crippen LogP contribution in [0.2, 0.25) is 0 Å². The molecule has 0 aromatic heterocycles. The highest BCUT2D eigenvalue weighted by Crippen LogP contribution is 2.24. The van der Waals surface area contributed by atoms with E-state index < -0.39 is 0 Å². The lowest BCUT2D eigenvalue weighted by Crippen LogP contribution is -2.18. The standard InChI is InChI=1S/C18H28N2O/c1-14(2)18(21)20-17-11-7-10-16(12-17)19-13-15-8-5-3-4-6-9-15/h7,10-12,14-15,19H,3-6,8-9,13H2,1-2H3,(H,20,21). The van der Waals surface area contributed by atoms with E-state index in [1.54, 1.807) is 0 Å². The third kappa shape index (κ3) is 5.41. The molecule has 0 spiro atoms. The van der Waals surface area contributed by atoms with Gasteiger partial charge in [-0.3, -0.25) is 4.79 Å². The fraction of sp³-hybridized carbons (Fsp3) is 0.611. The maximum absolute atomic E-state index is 11.7. The van der Waals surface area contributed by atoms with Crippen LogP contribution in [-0.4, -0.2) is 12.5 Å². The van der Waals surface area contributed by atoms with Crippen LogP contribution in [0.5, 0.6) is 0 Å². The van der Waals surface area contributed by atoms with Crippen LogP contribution in [0.25, 0.3) is 0 Å². The van der Waals surface area contributed by atoms with Gasteiger partial charge in [-0.25, -0.2) is 0 Å². The fourth-order valence-corrected chi connectivity index (χ4v) is 2.82. The number of rotatable bonds is 5. The van der Waals surface area contributed by atoms with Crippen LogP contribution in [-0.2, 0) is 4.79 Å². The Kier molecular flexibility index (Phi) is 6.09. The van der Waals surface area contributed by atoms with E-state index in [1.165, 1.54) is 38.5 Å². The summed E-state index contributed by atoms with van der Waals surface area (Å²) in [5.74, 6) is 0.866. The van der Waals surface area contributed by atoms with E-state index in [0.717, 1.165) is 23.8 Å². The monoisotopic (exact) mass is 288 g/mol. The van der Waals surface area contributed by atoms with E-state index in [4.69, 9.17) is 0 Å². The molecule has 1 aromatic rings. The molecule has 3 nitrogen and oxygen atoms in total. The average molecular weight is 288 g/mol. The highest BCUT2D eigenvalue weighted by atomic mass is 16.1. The van der Waals surface area contributed by atoms with Gasteiger partial charge in [0.1, 0.15) is 0 Å². The minimum Gasteiger partial charge on any atom is -0.385 e. The Balaban J connectivity index is 1.86. The molecular formula is C18H28N2O. The first-order chi connectivity index (χ1) is 10.1. The Hall–Kier alpha value is -1.51. The van der Waals surface area contributed by atoms with Crippen molar-refractivity contribution in [2.24, 2.45) is 11.8 Å². The minimum atomic E-state index is 0.00704. The summed E-state index contributed by atoms with van der Waals surface area (Å²) < 4.78 is 0. The van der Waals surface area contributed by atoms with Crippen molar-refractivity contribution in [3.05, 3.63) is 24.3 Å². The fourth-order valence-electron chi connectivity index (χ4n) is 2.82. The first-order valence-electron chi connectivity index (χ1n) is 8.30. The number of benzene rings is 1. The summed E-state index contributed by atoms with van der Waals surface area (Å²) in [6, 6.07) is 8.03. The molecule has 116 valence electrons. The molecule has 1 fully saturated rings. The molecule has 21 heavy (non-hydrogen) atoms. The second-order valence-corrected chi connectivity index (χ2v) is 6.46. The van der Waals surface area contributed by atoms with Crippen molar-refractivity contribution in [3.63, 3.8) is 0 Å². The lowest BCUT2D eigenvalue weighted by atomic mass is 10.0. The van der Waals surface area contributed by atoms with Gasteiger partial charge in [0.25, 0.3) is 0 Å². The predicted octanol–water partition coefficient (Wildman–Crippen LogP) is 4.66. The van der Waals surface area contributed by atoms with E-state index in [9.17, 15) is 4.79 Å². The molecular weight excluding hydrogens is 260 g/mol. The molecule has 2 rings (SSSR count). The number of anilines is 2. The Bertz CT molecular complexity index is 448. The number of amides is 1. The molecule has 0 saturated heterocycles. The summed E-state index contributed by atoms with van der Waals surface area (Å²) in [7, 11) is 0. The van der Waals surface area contributed by atoms with E-state index in [0.29, 0.717) is 0 Å². The van der Waals surface area contributed by atoms with Crippen molar-refractivity contribution in [2.75, 3.05) is 17.2 Å². The van der Waals surface area contributed by atoms with Gasteiger partial charge in [-0.1, -0.05) is 45.6 Å². The molecule has 0 atom stereocenters. The van der Waals surface area contributed by atoms with E-state index in [1.807, 2.05) is 32.0 Å². The molecule has 1 aliphatic rings. The maximum atomic E-state index is 11.7. The van der Waals surface area contributed by atoms with Crippen LogP contribution in [0, 0.1) is 11.8 Å². The zero-order valence-electron chi connectivity index (χ0n) is 13.3. The van der Waals surface area contributed by atoms with Gasteiger partial charge in [0.2, 0.25) is 5.91 Å². The van der Waals surface area contributed by atoms with Gasteiger partial charge in [0.15, 0.2) is 0 Å². The van der Waals surface area contributed by atoms with E-state index in [2.05, 4.69) is 16.7 Å². The highest BCUT2D eigenvalue weighted by molar-refractivity contribution is 5.92. The lowest BCUT2D eigenvalue weighted by Gasteiger charge is -2.16. The topological polar surface area (TPSA) is 41.1 Å². The molecule has 0 bridgehead atoms. The second-order valence-electron chi connectivity index (χ2n) is 6.46. The molecule has 0 heterocycles. The first-order valence-corrected chi connectivity index (χ1v) is 8.30. The van der Waals surface area contributed by atoms with E-state index >= 15 is 0 Å². The Morgan fingerprint density at radius 3 is 2.48 bits per heavy atom. The minimum absolute atomic E-state index is 0.00704. The lowest BCUT2D eigenvalue weighted by molar-refractivity contribution is -0.118. The van der Waals surface area contributed by atoms with Crippen molar-refractivity contribution in [2.45, 2.75) is 52.4 Å². The molecule has 2 N–H and O–H groups in total. The number of hydrogen-bond acceptors (Lipinski definition) is 2. The summed E-state index contributed by atoms with van der Waals surface area (Å²) in [5, 5.41) is 6.48. The SMILES string of the molecule is CC(C)C(=O)Nc1cccc(NCC2CCCCCC2)c1. The highest BCUT2D eigenvalue weighted by Gasteiger charge is 2.12. The third-order valence-corrected chi connectivity index (χ3v) is 4.22. The van der Waals surface area contributed by atoms with Crippen LogP contribution in [0.15, 0.2) is 24.3 Å². The van der Waals surface area contributed by atoms with Crippen molar-refractivity contribution in [1.82, 2.24) is 0 Å². The van der Waals surface area contributed by atoms with Crippen LogP contribution >= 0.6 is 0 Å². The van der Waals surface area contributed by atoms with Crippen molar-refractivity contribution in [3.8, 4) is 0 Å². The quantitative estimate of drug-likeness (QED) is 0.773. The molecule has 3 heteroatoms. The molecule has 0 radical (unpaired) electrons. The largest absolute Gasteiger partial charge is 0.385 e. The third-order valence-electron chi connectivity index (χ3n) is 4.22. The van der Waals surface area contributed by atoms with Gasteiger partial charge in [-0.15, -0.1) is 0 Å². The second kappa shape index (κ2) is 8.06. The molecule has 1 aromatic carbocycles. The predicted molar refractivity (Wildman–Crippen MR) is 89.6 cm³/mol. The van der Waals surface area contributed by atoms with E-state index in [-0.39, 0.29) is 11.8 Å². The first kappa shape index (κ1) is 15.9. The van der Waals surface area contributed by atoms with Crippen molar-refractivity contribution in [1.29, 1.82) is 0 Å². The normalized spacial score (nSPS) is 16.5. The van der Waals surface area contributed by atoms with Gasteiger partial charge >= 0.3 is 0 Å². The number of carbonyl (C=O) groups excluding carboxylic acids is 1. The molecule has 1 amide bonds. The summed E-state index contributed by atoms with van der Waals surface area (Å²) in [6.07, 6.45) is 8.22. The summed E-state index contributed by atoms with van der Waals surface area (Å²) in [5.41, 5.74) is 1.97. The molecule has 1 aliphatic carbocycles. The average Bonchev–Trinajstić information content (AvgIpc) is 2.74. The summed E-state index contributed by atoms with van der Waals surface area (Å²) in [6.45, 7) is 4.86. The van der Waals surface area contributed by atoms with Crippen molar-refractivity contribution >= 4 is 17.3 Å². The van der Waals surface area contributed by atoms with Gasteiger partial charge in [-0.05, 0) is 37.0 Å². The van der Waals surface area contributed by atoms with Gasteiger partial charge in [-0.2, -0.15) is 0 Å². The number of hydrogen-bond donors (Lipinski definition) is 2. The van der Waals surface area contributed by atoms with Gasteiger partial charge in [0.05, 0.1) is 0 Å². The molecule has 1 saturated carbocycles. The van der Waals surface area contributed by atoms with Crippen LogP contribution in [0.1, 0.15) is 52.4 Å². The van der Waals surface area contributed by atoms with Crippen LogP contribution < -0.4 is 10.6 Å². The maximum Gasteiger partial charge on any atom is 0.226 e. The summed E-state index contributed by atoms with van der Waals surface area (Å²) in [4.78, 5) is 11.7. The number of carbonyl (C=O) groups is 1. The Morgan fingerprint density at radius 1 is 1.14 bits per heavy atom. The molecule has 0 unspecified atom stereocenters. The smallest absolute Gasteiger partial charge is 0.226 e. The Labute approximate surface area is 128 Å². The van der Waals surface area contributed by atoms with Gasteiger partial charge < -0.3 is 10.6 Å². The zero-order chi connectivity index (χ0) is 15.1. The van der Waals surface area contributed by atoms with Crippen LogP contribution in [0.3, 0.4) is 0 Å². The van der Waals surface area contributed by atoms with Gasteiger partial charge in [0, 0.05) is 23.8 Å². The molecule has 0 aliphatic heterocycles. The van der Waals surface area contributed by atoms with Crippen LogP contribution in [0.4, 0.5) is 11.4 Å². The summed E-state index contributed by atoms with van der Waals surface area (Å²) >= 11 is 0.